The molecule has 0 saturated heterocycles. The topological polar surface area (TPSA) is 58.4 Å². The second-order valence-corrected chi connectivity index (χ2v) is 7.21. The van der Waals surface area contributed by atoms with Crippen LogP contribution in [0.1, 0.15) is 45.2 Å². The second-order valence-electron chi connectivity index (χ2n) is 7.21. The van der Waals surface area contributed by atoms with Crippen molar-refractivity contribution in [2.45, 2.75) is 48.0 Å². The van der Waals surface area contributed by atoms with Gasteiger partial charge in [-0.05, 0) is 42.7 Å². The SMILES string of the molecule is Cc1cccc(C)c1NC(=O)CCN(N)CC(C(C)C)C(C)C. The largest absolute Gasteiger partial charge is 0.326 e. The number of nitrogens with two attached hydrogens (primary N) is 1. The quantitative estimate of drug-likeness (QED) is 0.567. The first-order valence-electron chi connectivity index (χ1n) is 8.58. The van der Waals surface area contributed by atoms with Gasteiger partial charge in [0.25, 0.3) is 0 Å². The average Bonchev–Trinajstić information content (AvgIpc) is 2.46. The number of hydrogen-bond acceptors (Lipinski definition) is 3. The highest BCUT2D eigenvalue weighted by Crippen LogP contribution is 2.21. The molecule has 0 spiro atoms. The molecule has 0 atom stereocenters. The Hall–Kier alpha value is -1.39. The van der Waals surface area contributed by atoms with Crippen molar-refractivity contribution in [3.8, 4) is 0 Å². The molecule has 1 aromatic rings. The van der Waals surface area contributed by atoms with Crippen molar-refractivity contribution in [2.24, 2.45) is 23.6 Å². The van der Waals surface area contributed by atoms with Crippen molar-refractivity contribution in [3.63, 3.8) is 0 Å². The van der Waals surface area contributed by atoms with Gasteiger partial charge in [-0.2, -0.15) is 0 Å². The maximum absolute atomic E-state index is 12.2. The van der Waals surface area contributed by atoms with E-state index in [9.17, 15) is 4.79 Å². The molecule has 3 N–H and O–H groups in total. The van der Waals surface area contributed by atoms with Crippen molar-refractivity contribution in [2.75, 3.05) is 18.4 Å². The molecule has 0 aliphatic carbocycles. The number of benzene rings is 1. The highest BCUT2D eigenvalue weighted by molar-refractivity contribution is 5.92. The summed E-state index contributed by atoms with van der Waals surface area (Å²) in [5.41, 5.74) is 3.09. The zero-order chi connectivity index (χ0) is 17.6. The zero-order valence-corrected chi connectivity index (χ0v) is 15.5. The molecular formula is C19H33N3O. The van der Waals surface area contributed by atoms with Crippen LogP contribution in [0.25, 0.3) is 0 Å². The summed E-state index contributed by atoms with van der Waals surface area (Å²) in [6, 6.07) is 6.02. The van der Waals surface area contributed by atoms with E-state index in [4.69, 9.17) is 5.84 Å². The molecule has 4 nitrogen and oxygen atoms in total. The maximum Gasteiger partial charge on any atom is 0.225 e. The first kappa shape index (κ1) is 19.7. The van der Waals surface area contributed by atoms with Gasteiger partial charge in [0.15, 0.2) is 0 Å². The Bertz CT molecular complexity index is 483. The van der Waals surface area contributed by atoms with Crippen LogP contribution in [0.4, 0.5) is 5.69 Å². The number of aryl methyl sites for hydroxylation is 2. The van der Waals surface area contributed by atoms with Crippen LogP contribution >= 0.6 is 0 Å². The van der Waals surface area contributed by atoms with E-state index in [1.165, 1.54) is 0 Å². The molecule has 0 bridgehead atoms. The number of carbonyl (C=O) groups is 1. The molecule has 0 fully saturated rings. The third kappa shape index (κ3) is 6.32. The van der Waals surface area contributed by atoms with Crippen LogP contribution in [0, 0.1) is 31.6 Å². The summed E-state index contributed by atoms with van der Waals surface area (Å²) in [4.78, 5) is 12.2. The number of nitrogens with zero attached hydrogens (tertiary/aromatic N) is 1. The summed E-state index contributed by atoms with van der Waals surface area (Å²) in [5, 5.41) is 4.80. The van der Waals surface area contributed by atoms with E-state index in [0.29, 0.717) is 30.7 Å². The van der Waals surface area contributed by atoms with Gasteiger partial charge in [-0.3, -0.25) is 10.6 Å². The third-order valence-corrected chi connectivity index (χ3v) is 4.53. The number of anilines is 1. The van der Waals surface area contributed by atoms with E-state index in [2.05, 4.69) is 33.0 Å². The number of hydrogen-bond donors (Lipinski definition) is 2. The standard InChI is InChI=1S/C19H33N3O/c1-13(2)17(14(3)4)12-22(20)11-10-18(23)21-19-15(5)8-7-9-16(19)6/h7-9,13-14,17H,10-12,20H2,1-6H3,(H,21,23). The van der Waals surface area contributed by atoms with Gasteiger partial charge in [-0.1, -0.05) is 45.9 Å². The maximum atomic E-state index is 12.2. The van der Waals surface area contributed by atoms with Crippen molar-refractivity contribution in [3.05, 3.63) is 29.3 Å². The number of amides is 1. The molecule has 0 aliphatic heterocycles. The molecule has 0 aromatic heterocycles. The Labute approximate surface area is 141 Å². The smallest absolute Gasteiger partial charge is 0.225 e. The van der Waals surface area contributed by atoms with E-state index in [1.807, 2.05) is 32.0 Å². The molecule has 1 aromatic carbocycles. The molecule has 0 unspecified atom stereocenters. The van der Waals surface area contributed by atoms with Crippen LogP contribution in [0.15, 0.2) is 18.2 Å². The molecule has 0 radical (unpaired) electrons. The minimum atomic E-state index is 0.0171. The van der Waals surface area contributed by atoms with Gasteiger partial charge in [0.1, 0.15) is 0 Å². The van der Waals surface area contributed by atoms with Crippen LogP contribution in [0.2, 0.25) is 0 Å². The van der Waals surface area contributed by atoms with Gasteiger partial charge in [-0.15, -0.1) is 0 Å². The van der Waals surface area contributed by atoms with Crippen molar-refractivity contribution in [1.82, 2.24) is 5.01 Å². The molecule has 0 aliphatic rings. The Morgan fingerprint density at radius 1 is 1.13 bits per heavy atom. The van der Waals surface area contributed by atoms with Gasteiger partial charge in [0.05, 0.1) is 0 Å². The lowest BCUT2D eigenvalue weighted by Gasteiger charge is -2.29. The highest BCUT2D eigenvalue weighted by atomic mass is 16.1. The fourth-order valence-electron chi connectivity index (χ4n) is 3.01. The van der Waals surface area contributed by atoms with E-state index in [-0.39, 0.29) is 5.91 Å². The highest BCUT2D eigenvalue weighted by Gasteiger charge is 2.20. The number of carbonyl (C=O) groups excluding carboxylic acids is 1. The molecular weight excluding hydrogens is 286 g/mol. The number of nitrogens with one attached hydrogen (secondary N) is 1. The molecule has 23 heavy (non-hydrogen) atoms. The van der Waals surface area contributed by atoms with E-state index >= 15 is 0 Å². The predicted octanol–water partition coefficient (Wildman–Crippen LogP) is 3.74. The van der Waals surface area contributed by atoms with Gasteiger partial charge in [0, 0.05) is 25.2 Å². The first-order valence-corrected chi connectivity index (χ1v) is 8.58. The Morgan fingerprint density at radius 2 is 1.65 bits per heavy atom. The monoisotopic (exact) mass is 319 g/mol. The van der Waals surface area contributed by atoms with Gasteiger partial charge >= 0.3 is 0 Å². The third-order valence-electron chi connectivity index (χ3n) is 4.53. The Morgan fingerprint density at radius 3 is 2.13 bits per heavy atom. The van der Waals surface area contributed by atoms with E-state index in [1.54, 1.807) is 5.01 Å². The van der Waals surface area contributed by atoms with Crippen LogP contribution in [-0.2, 0) is 4.79 Å². The summed E-state index contributed by atoms with van der Waals surface area (Å²) < 4.78 is 0. The fourth-order valence-corrected chi connectivity index (χ4v) is 3.01. The number of para-hydroxylation sites is 1. The molecule has 0 saturated carbocycles. The molecule has 0 heterocycles. The predicted molar refractivity (Wildman–Crippen MR) is 98.1 cm³/mol. The van der Waals surface area contributed by atoms with Gasteiger partial charge < -0.3 is 5.32 Å². The summed E-state index contributed by atoms with van der Waals surface area (Å²) in [6.45, 7) is 14.3. The lowest BCUT2D eigenvalue weighted by atomic mass is 9.85. The molecule has 4 heteroatoms. The van der Waals surface area contributed by atoms with Crippen LogP contribution < -0.4 is 11.2 Å². The minimum absolute atomic E-state index is 0.0171. The fraction of sp³-hybridized carbons (Fsp3) is 0.632. The minimum Gasteiger partial charge on any atom is -0.326 e. The average molecular weight is 319 g/mol. The Balaban J connectivity index is 2.50. The van der Waals surface area contributed by atoms with Gasteiger partial charge in [-0.25, -0.2) is 5.01 Å². The lowest BCUT2D eigenvalue weighted by molar-refractivity contribution is -0.116. The summed E-state index contributed by atoms with van der Waals surface area (Å²) in [7, 11) is 0. The van der Waals surface area contributed by atoms with Crippen molar-refractivity contribution in [1.29, 1.82) is 0 Å². The molecule has 1 amide bonds. The van der Waals surface area contributed by atoms with Crippen molar-refractivity contribution < 1.29 is 4.79 Å². The van der Waals surface area contributed by atoms with Crippen LogP contribution in [-0.4, -0.2) is 24.0 Å². The summed E-state index contributed by atoms with van der Waals surface area (Å²) >= 11 is 0. The molecule has 130 valence electrons. The molecule has 1 rings (SSSR count). The van der Waals surface area contributed by atoms with Crippen molar-refractivity contribution >= 4 is 11.6 Å². The summed E-state index contributed by atoms with van der Waals surface area (Å²) in [6.07, 6.45) is 0.410. The summed E-state index contributed by atoms with van der Waals surface area (Å²) in [5.74, 6) is 7.84. The van der Waals surface area contributed by atoms with Gasteiger partial charge in [0.2, 0.25) is 5.91 Å². The lowest BCUT2D eigenvalue weighted by Crippen LogP contribution is -2.40. The van der Waals surface area contributed by atoms with Crippen LogP contribution in [0.5, 0.6) is 0 Å². The number of rotatable bonds is 8. The zero-order valence-electron chi connectivity index (χ0n) is 15.5. The first-order chi connectivity index (χ1) is 10.7. The second kappa shape index (κ2) is 9.04. The number of hydrazine groups is 1. The Kier molecular flexibility index (Phi) is 7.73. The van der Waals surface area contributed by atoms with E-state index in [0.717, 1.165) is 23.4 Å². The van der Waals surface area contributed by atoms with Crippen LogP contribution in [0.3, 0.4) is 0 Å². The van der Waals surface area contributed by atoms with E-state index < -0.39 is 0 Å². The normalized spacial score (nSPS) is 11.8.